The molecule has 0 saturated carbocycles. The standard InChI is InChI=1S/C14H20ClNO/c1-17-14-5-4-13(15)10-12(14)9-11-3-2-7-16-8-6-11/h4-5,10-11,16H,2-3,6-9H2,1H3. The average Bonchev–Trinajstić information content (AvgIpc) is 2.58. The number of rotatable bonds is 3. The van der Waals surface area contributed by atoms with Crippen LogP contribution in [-0.2, 0) is 6.42 Å². The number of methoxy groups -OCH3 is 1. The second kappa shape index (κ2) is 6.27. The van der Waals surface area contributed by atoms with Crippen LogP contribution in [0.4, 0.5) is 0 Å². The van der Waals surface area contributed by atoms with E-state index in [0.29, 0.717) is 0 Å². The molecular formula is C14H20ClNO. The lowest BCUT2D eigenvalue weighted by atomic mass is 9.92. The van der Waals surface area contributed by atoms with E-state index < -0.39 is 0 Å². The highest BCUT2D eigenvalue weighted by Gasteiger charge is 2.15. The van der Waals surface area contributed by atoms with Gasteiger partial charge in [0, 0.05) is 5.02 Å². The van der Waals surface area contributed by atoms with E-state index >= 15 is 0 Å². The Morgan fingerprint density at radius 1 is 1.35 bits per heavy atom. The summed E-state index contributed by atoms with van der Waals surface area (Å²) in [4.78, 5) is 0. The largest absolute Gasteiger partial charge is 0.496 e. The normalized spacial score (nSPS) is 20.9. The predicted molar refractivity (Wildman–Crippen MR) is 71.9 cm³/mol. The molecule has 2 rings (SSSR count). The molecule has 0 radical (unpaired) electrons. The Balaban J connectivity index is 2.07. The number of halogens is 1. The molecule has 94 valence electrons. The zero-order chi connectivity index (χ0) is 12.1. The van der Waals surface area contributed by atoms with Gasteiger partial charge in [-0.25, -0.2) is 0 Å². The smallest absolute Gasteiger partial charge is 0.122 e. The molecule has 1 heterocycles. The molecule has 0 amide bonds. The molecule has 1 N–H and O–H groups in total. The van der Waals surface area contributed by atoms with Gasteiger partial charge in [0.2, 0.25) is 0 Å². The van der Waals surface area contributed by atoms with Gasteiger partial charge in [-0.2, -0.15) is 0 Å². The molecule has 1 aromatic rings. The molecule has 1 saturated heterocycles. The molecule has 2 nitrogen and oxygen atoms in total. The van der Waals surface area contributed by atoms with Crippen molar-refractivity contribution in [3.63, 3.8) is 0 Å². The molecule has 0 spiro atoms. The van der Waals surface area contributed by atoms with Gasteiger partial charge in [-0.3, -0.25) is 0 Å². The molecule has 17 heavy (non-hydrogen) atoms. The van der Waals surface area contributed by atoms with E-state index in [2.05, 4.69) is 5.32 Å². The van der Waals surface area contributed by atoms with E-state index in [1.54, 1.807) is 7.11 Å². The Kier molecular flexibility index (Phi) is 4.69. The van der Waals surface area contributed by atoms with E-state index in [9.17, 15) is 0 Å². The molecule has 1 unspecified atom stereocenters. The first-order chi connectivity index (χ1) is 8.29. The van der Waals surface area contributed by atoms with Crippen LogP contribution < -0.4 is 10.1 Å². The molecule has 1 aromatic carbocycles. The van der Waals surface area contributed by atoms with E-state index in [0.717, 1.165) is 36.2 Å². The summed E-state index contributed by atoms with van der Waals surface area (Å²) >= 11 is 6.06. The van der Waals surface area contributed by atoms with Crippen molar-refractivity contribution in [2.24, 2.45) is 5.92 Å². The summed E-state index contributed by atoms with van der Waals surface area (Å²) in [6.07, 6.45) is 4.89. The molecule has 0 aromatic heterocycles. The minimum atomic E-state index is 0.748. The van der Waals surface area contributed by atoms with Crippen LogP contribution in [0, 0.1) is 5.92 Å². The molecule has 1 fully saturated rings. The van der Waals surface area contributed by atoms with Gasteiger partial charge < -0.3 is 10.1 Å². The van der Waals surface area contributed by atoms with Crippen LogP contribution in [-0.4, -0.2) is 20.2 Å². The van der Waals surface area contributed by atoms with Crippen LogP contribution >= 0.6 is 11.6 Å². The fourth-order valence-electron chi connectivity index (χ4n) is 2.51. The molecule has 0 bridgehead atoms. The van der Waals surface area contributed by atoms with E-state index in [-0.39, 0.29) is 0 Å². The molecule has 0 aliphatic carbocycles. The SMILES string of the molecule is COc1ccc(Cl)cc1CC1CCCNCC1. The summed E-state index contributed by atoms with van der Waals surface area (Å²) in [7, 11) is 1.72. The topological polar surface area (TPSA) is 21.3 Å². The summed E-state index contributed by atoms with van der Waals surface area (Å²) < 4.78 is 5.40. The zero-order valence-electron chi connectivity index (χ0n) is 10.3. The van der Waals surface area contributed by atoms with Crippen molar-refractivity contribution in [1.29, 1.82) is 0 Å². The lowest BCUT2D eigenvalue weighted by Crippen LogP contribution is -2.14. The summed E-state index contributed by atoms with van der Waals surface area (Å²) in [6.45, 7) is 2.29. The fraction of sp³-hybridized carbons (Fsp3) is 0.571. The van der Waals surface area contributed by atoms with Crippen molar-refractivity contribution in [1.82, 2.24) is 5.32 Å². The van der Waals surface area contributed by atoms with Gasteiger partial charge in [-0.05, 0) is 68.5 Å². The zero-order valence-corrected chi connectivity index (χ0v) is 11.1. The van der Waals surface area contributed by atoms with Crippen LogP contribution in [0.25, 0.3) is 0 Å². The Hall–Kier alpha value is -0.730. The summed E-state index contributed by atoms with van der Waals surface area (Å²) in [5, 5.41) is 4.24. The van der Waals surface area contributed by atoms with Crippen molar-refractivity contribution in [2.45, 2.75) is 25.7 Å². The van der Waals surface area contributed by atoms with Gasteiger partial charge in [-0.15, -0.1) is 0 Å². The Morgan fingerprint density at radius 2 is 2.24 bits per heavy atom. The predicted octanol–water partition coefficient (Wildman–Crippen LogP) is 3.28. The lowest BCUT2D eigenvalue weighted by Gasteiger charge is -2.16. The first-order valence-corrected chi connectivity index (χ1v) is 6.70. The van der Waals surface area contributed by atoms with E-state index in [1.807, 2.05) is 18.2 Å². The quantitative estimate of drug-likeness (QED) is 0.893. The van der Waals surface area contributed by atoms with Crippen LogP contribution in [0.15, 0.2) is 18.2 Å². The molecule has 1 aliphatic heterocycles. The molecule has 1 atom stereocenters. The molecule has 1 aliphatic rings. The second-order valence-electron chi connectivity index (χ2n) is 4.71. The van der Waals surface area contributed by atoms with Crippen molar-refractivity contribution in [3.8, 4) is 5.75 Å². The highest BCUT2D eigenvalue weighted by Crippen LogP contribution is 2.28. The third-order valence-electron chi connectivity index (χ3n) is 3.45. The van der Waals surface area contributed by atoms with Gasteiger partial charge in [0.25, 0.3) is 0 Å². The minimum Gasteiger partial charge on any atom is -0.496 e. The number of nitrogens with one attached hydrogen (secondary N) is 1. The summed E-state index contributed by atoms with van der Waals surface area (Å²) in [5.74, 6) is 1.71. The number of hydrogen-bond donors (Lipinski definition) is 1. The minimum absolute atomic E-state index is 0.748. The molecular weight excluding hydrogens is 234 g/mol. The monoisotopic (exact) mass is 253 g/mol. The maximum atomic E-state index is 6.06. The summed E-state index contributed by atoms with van der Waals surface area (Å²) in [6, 6.07) is 5.89. The van der Waals surface area contributed by atoms with Gasteiger partial charge >= 0.3 is 0 Å². The van der Waals surface area contributed by atoms with Crippen molar-refractivity contribution < 1.29 is 4.74 Å². The van der Waals surface area contributed by atoms with Crippen LogP contribution in [0.5, 0.6) is 5.75 Å². The maximum Gasteiger partial charge on any atom is 0.122 e. The van der Waals surface area contributed by atoms with E-state index in [4.69, 9.17) is 16.3 Å². The van der Waals surface area contributed by atoms with Gasteiger partial charge in [0.1, 0.15) is 5.75 Å². The molecule has 3 heteroatoms. The summed E-state index contributed by atoms with van der Waals surface area (Å²) in [5.41, 5.74) is 1.24. The van der Waals surface area contributed by atoms with Crippen molar-refractivity contribution >= 4 is 11.6 Å². The van der Waals surface area contributed by atoms with Crippen LogP contribution in [0.2, 0.25) is 5.02 Å². The highest BCUT2D eigenvalue weighted by molar-refractivity contribution is 6.30. The maximum absolute atomic E-state index is 6.06. The second-order valence-corrected chi connectivity index (χ2v) is 5.14. The first kappa shape index (κ1) is 12.7. The first-order valence-electron chi connectivity index (χ1n) is 6.32. The Bertz CT molecular complexity index is 359. The third-order valence-corrected chi connectivity index (χ3v) is 3.68. The van der Waals surface area contributed by atoms with Crippen molar-refractivity contribution in [3.05, 3.63) is 28.8 Å². The fourth-order valence-corrected chi connectivity index (χ4v) is 2.71. The average molecular weight is 254 g/mol. The number of hydrogen-bond acceptors (Lipinski definition) is 2. The Labute approximate surface area is 108 Å². The lowest BCUT2D eigenvalue weighted by molar-refractivity contribution is 0.399. The highest BCUT2D eigenvalue weighted by atomic mass is 35.5. The van der Waals surface area contributed by atoms with Crippen LogP contribution in [0.1, 0.15) is 24.8 Å². The van der Waals surface area contributed by atoms with Crippen LogP contribution in [0.3, 0.4) is 0 Å². The van der Waals surface area contributed by atoms with Gasteiger partial charge in [0.15, 0.2) is 0 Å². The number of ether oxygens (including phenoxy) is 1. The van der Waals surface area contributed by atoms with Crippen molar-refractivity contribution in [2.75, 3.05) is 20.2 Å². The van der Waals surface area contributed by atoms with Gasteiger partial charge in [-0.1, -0.05) is 11.6 Å². The third kappa shape index (κ3) is 3.62. The Morgan fingerprint density at radius 3 is 3.06 bits per heavy atom. The number of benzene rings is 1. The van der Waals surface area contributed by atoms with E-state index in [1.165, 1.54) is 24.8 Å². The van der Waals surface area contributed by atoms with Gasteiger partial charge in [0.05, 0.1) is 7.11 Å².